The molecule has 0 radical (unpaired) electrons. The summed E-state index contributed by atoms with van der Waals surface area (Å²) >= 11 is 0. The van der Waals surface area contributed by atoms with Crippen LogP contribution in [0.1, 0.15) is 30.9 Å². The van der Waals surface area contributed by atoms with Crippen molar-refractivity contribution in [2.45, 2.75) is 33.6 Å². The molecule has 1 aromatic carbocycles. The van der Waals surface area contributed by atoms with Crippen molar-refractivity contribution < 1.29 is 13.2 Å². The smallest absolute Gasteiger partial charge is 0.228 e. The molecule has 1 heterocycles. The largest absolute Gasteiger partial charge is 0.326 e. The summed E-state index contributed by atoms with van der Waals surface area (Å²) in [4.78, 5) is 12.4. The zero-order valence-electron chi connectivity index (χ0n) is 13.4. The number of piperidine rings is 1. The van der Waals surface area contributed by atoms with Gasteiger partial charge in [-0.05, 0) is 45.2 Å². The molecule has 5 nitrogen and oxygen atoms in total. The Kier molecular flexibility index (Phi) is 5.24. The van der Waals surface area contributed by atoms with Crippen molar-refractivity contribution in [3.8, 4) is 0 Å². The molecule has 122 valence electrons. The number of aryl methyl sites for hydroxylation is 2. The Labute approximate surface area is 132 Å². The van der Waals surface area contributed by atoms with Crippen molar-refractivity contribution in [3.63, 3.8) is 0 Å². The Morgan fingerprint density at radius 1 is 1.36 bits per heavy atom. The van der Waals surface area contributed by atoms with E-state index in [1.165, 1.54) is 4.31 Å². The summed E-state index contributed by atoms with van der Waals surface area (Å²) in [6.45, 7) is 6.40. The standard InChI is InChI=1S/C16H24N2O3S/c1-4-22(20,21)18-9-5-6-14(11-18)16(19)17-15-8-7-12(2)10-13(15)3/h7-8,10,14H,4-6,9,11H2,1-3H3,(H,17,19). The van der Waals surface area contributed by atoms with Crippen LogP contribution in [0.25, 0.3) is 0 Å². The normalized spacial score (nSPS) is 19.9. The van der Waals surface area contributed by atoms with Crippen LogP contribution in [0.15, 0.2) is 18.2 Å². The number of carbonyl (C=O) groups excluding carboxylic acids is 1. The SMILES string of the molecule is CCS(=O)(=O)N1CCCC(C(=O)Nc2ccc(C)cc2C)C1. The molecule has 1 aromatic rings. The summed E-state index contributed by atoms with van der Waals surface area (Å²) in [5.41, 5.74) is 2.96. The summed E-state index contributed by atoms with van der Waals surface area (Å²) in [6, 6.07) is 5.87. The van der Waals surface area contributed by atoms with Crippen molar-refractivity contribution in [1.82, 2.24) is 4.31 Å². The van der Waals surface area contributed by atoms with Crippen LogP contribution < -0.4 is 5.32 Å². The Balaban J connectivity index is 2.06. The monoisotopic (exact) mass is 324 g/mol. The number of nitrogens with one attached hydrogen (secondary N) is 1. The predicted octanol–water partition coefficient (Wildman–Crippen LogP) is 2.30. The van der Waals surface area contributed by atoms with E-state index < -0.39 is 10.0 Å². The lowest BCUT2D eigenvalue weighted by atomic mass is 9.98. The maximum atomic E-state index is 12.4. The number of carbonyl (C=O) groups is 1. The zero-order valence-corrected chi connectivity index (χ0v) is 14.2. The van der Waals surface area contributed by atoms with Gasteiger partial charge < -0.3 is 5.32 Å². The number of hydrogen-bond acceptors (Lipinski definition) is 3. The Bertz CT molecular complexity index is 655. The summed E-state index contributed by atoms with van der Waals surface area (Å²) < 4.78 is 25.4. The van der Waals surface area contributed by atoms with Crippen molar-refractivity contribution in [2.75, 3.05) is 24.2 Å². The molecule has 6 heteroatoms. The lowest BCUT2D eigenvalue weighted by Crippen LogP contribution is -2.44. The summed E-state index contributed by atoms with van der Waals surface area (Å²) in [5.74, 6) is -0.294. The van der Waals surface area contributed by atoms with Gasteiger partial charge in [-0.25, -0.2) is 12.7 Å². The third-order valence-corrected chi connectivity index (χ3v) is 6.00. The fourth-order valence-electron chi connectivity index (χ4n) is 2.78. The third-order valence-electron chi connectivity index (χ3n) is 4.15. The van der Waals surface area contributed by atoms with Crippen LogP contribution >= 0.6 is 0 Å². The average Bonchev–Trinajstić information content (AvgIpc) is 2.50. The van der Waals surface area contributed by atoms with Crippen molar-refractivity contribution in [3.05, 3.63) is 29.3 Å². The van der Waals surface area contributed by atoms with Gasteiger partial charge in [-0.15, -0.1) is 0 Å². The molecule has 0 aliphatic carbocycles. The first-order valence-electron chi connectivity index (χ1n) is 7.69. The maximum Gasteiger partial charge on any atom is 0.228 e. The van der Waals surface area contributed by atoms with Gasteiger partial charge in [0, 0.05) is 18.8 Å². The van der Waals surface area contributed by atoms with E-state index in [2.05, 4.69) is 5.32 Å². The number of benzene rings is 1. The molecule has 2 rings (SSSR count). The minimum Gasteiger partial charge on any atom is -0.326 e. The van der Waals surface area contributed by atoms with Gasteiger partial charge in [-0.3, -0.25) is 4.79 Å². The lowest BCUT2D eigenvalue weighted by molar-refractivity contribution is -0.120. The van der Waals surface area contributed by atoms with Crippen LogP contribution in [-0.4, -0.2) is 37.5 Å². The van der Waals surface area contributed by atoms with E-state index in [0.29, 0.717) is 6.54 Å². The van der Waals surface area contributed by atoms with Gasteiger partial charge in [-0.2, -0.15) is 0 Å². The Hall–Kier alpha value is -1.40. The van der Waals surface area contributed by atoms with Gasteiger partial charge in [0.05, 0.1) is 11.7 Å². The maximum absolute atomic E-state index is 12.4. The number of anilines is 1. The quantitative estimate of drug-likeness (QED) is 0.924. The highest BCUT2D eigenvalue weighted by Gasteiger charge is 2.31. The Morgan fingerprint density at radius 2 is 2.09 bits per heavy atom. The van der Waals surface area contributed by atoms with Gasteiger partial charge in [-0.1, -0.05) is 17.7 Å². The highest BCUT2D eigenvalue weighted by atomic mass is 32.2. The number of amides is 1. The topological polar surface area (TPSA) is 66.5 Å². The molecule has 22 heavy (non-hydrogen) atoms. The highest BCUT2D eigenvalue weighted by Crippen LogP contribution is 2.22. The fraction of sp³-hybridized carbons (Fsp3) is 0.562. The zero-order chi connectivity index (χ0) is 16.3. The molecule has 0 aromatic heterocycles. The molecule has 0 saturated carbocycles. The van der Waals surface area contributed by atoms with E-state index in [-0.39, 0.29) is 24.1 Å². The van der Waals surface area contributed by atoms with Gasteiger partial charge in [0.1, 0.15) is 0 Å². The summed E-state index contributed by atoms with van der Waals surface area (Å²) in [5, 5.41) is 2.94. The first-order chi connectivity index (χ1) is 10.3. The number of nitrogens with zero attached hydrogens (tertiary/aromatic N) is 1. The molecule has 1 N–H and O–H groups in total. The summed E-state index contributed by atoms with van der Waals surface area (Å²) in [7, 11) is -3.22. The van der Waals surface area contributed by atoms with Crippen LogP contribution in [0, 0.1) is 19.8 Å². The number of rotatable bonds is 4. The molecule has 1 saturated heterocycles. The molecule has 1 fully saturated rings. The van der Waals surface area contributed by atoms with E-state index in [0.717, 1.165) is 29.7 Å². The van der Waals surface area contributed by atoms with E-state index in [4.69, 9.17) is 0 Å². The van der Waals surface area contributed by atoms with Crippen LogP contribution in [-0.2, 0) is 14.8 Å². The molecule has 1 amide bonds. The van der Waals surface area contributed by atoms with Crippen molar-refractivity contribution in [1.29, 1.82) is 0 Å². The minimum absolute atomic E-state index is 0.0818. The molecule has 1 aliphatic rings. The molecular weight excluding hydrogens is 300 g/mol. The van der Waals surface area contributed by atoms with E-state index in [9.17, 15) is 13.2 Å². The van der Waals surface area contributed by atoms with Crippen molar-refractivity contribution in [2.24, 2.45) is 5.92 Å². The van der Waals surface area contributed by atoms with Crippen LogP contribution in [0.5, 0.6) is 0 Å². The second-order valence-electron chi connectivity index (χ2n) is 5.91. The summed E-state index contributed by atoms with van der Waals surface area (Å²) in [6.07, 6.45) is 1.46. The number of sulfonamides is 1. The third kappa shape index (κ3) is 3.87. The predicted molar refractivity (Wildman–Crippen MR) is 88.3 cm³/mol. The Morgan fingerprint density at radius 3 is 2.73 bits per heavy atom. The minimum atomic E-state index is -3.22. The first-order valence-corrected chi connectivity index (χ1v) is 9.30. The average molecular weight is 324 g/mol. The van der Waals surface area contributed by atoms with Crippen LogP contribution in [0.2, 0.25) is 0 Å². The molecule has 1 unspecified atom stereocenters. The molecular formula is C16H24N2O3S. The van der Waals surface area contributed by atoms with E-state index >= 15 is 0 Å². The van der Waals surface area contributed by atoms with Gasteiger partial charge in [0.2, 0.25) is 15.9 Å². The fourth-order valence-corrected chi connectivity index (χ4v) is 3.96. The first kappa shape index (κ1) is 17.0. The van der Waals surface area contributed by atoms with Gasteiger partial charge in [0.25, 0.3) is 0 Å². The van der Waals surface area contributed by atoms with E-state index in [1.807, 2.05) is 32.0 Å². The van der Waals surface area contributed by atoms with Gasteiger partial charge >= 0.3 is 0 Å². The van der Waals surface area contributed by atoms with Crippen LogP contribution in [0.4, 0.5) is 5.69 Å². The van der Waals surface area contributed by atoms with Crippen molar-refractivity contribution >= 4 is 21.6 Å². The lowest BCUT2D eigenvalue weighted by Gasteiger charge is -2.31. The molecule has 0 spiro atoms. The van der Waals surface area contributed by atoms with Gasteiger partial charge in [0.15, 0.2) is 0 Å². The second kappa shape index (κ2) is 6.79. The second-order valence-corrected chi connectivity index (χ2v) is 8.16. The highest BCUT2D eigenvalue weighted by molar-refractivity contribution is 7.89. The number of hydrogen-bond donors (Lipinski definition) is 1. The molecule has 1 atom stereocenters. The van der Waals surface area contributed by atoms with E-state index in [1.54, 1.807) is 6.92 Å². The van der Waals surface area contributed by atoms with Crippen LogP contribution in [0.3, 0.4) is 0 Å². The molecule has 1 aliphatic heterocycles. The molecule has 0 bridgehead atoms.